The minimum absolute atomic E-state index is 0.0480. The smallest absolute Gasteiger partial charge is 0.263 e. The maximum Gasteiger partial charge on any atom is 0.263 e. The molecule has 0 amide bonds. The topological polar surface area (TPSA) is 58.7 Å². The Bertz CT molecular complexity index is 1030. The Morgan fingerprint density at radius 2 is 2.00 bits per heavy atom. The molecule has 1 aromatic carbocycles. The summed E-state index contributed by atoms with van der Waals surface area (Å²) in [5.41, 5.74) is 1.82. The predicted molar refractivity (Wildman–Crippen MR) is 113 cm³/mol. The molecule has 1 fully saturated rings. The van der Waals surface area contributed by atoms with Crippen molar-refractivity contribution in [3.63, 3.8) is 0 Å². The molecule has 1 aliphatic rings. The van der Waals surface area contributed by atoms with E-state index in [9.17, 15) is 10.1 Å². The Balaban J connectivity index is 1.73. The Kier molecular flexibility index (Phi) is 5.61. The predicted octanol–water partition coefficient (Wildman–Crippen LogP) is 5.21. The van der Waals surface area contributed by atoms with Gasteiger partial charge in [-0.25, -0.2) is 4.98 Å². The molecule has 2 aromatic heterocycles. The van der Waals surface area contributed by atoms with Gasteiger partial charge in [0.25, 0.3) is 5.56 Å². The van der Waals surface area contributed by atoms with Gasteiger partial charge in [-0.15, -0.1) is 11.3 Å². The molecule has 1 saturated carbocycles. The van der Waals surface area contributed by atoms with E-state index in [0.717, 1.165) is 21.8 Å². The van der Waals surface area contributed by atoms with Crippen molar-refractivity contribution in [3.8, 4) is 17.2 Å². The van der Waals surface area contributed by atoms with Crippen molar-refractivity contribution in [1.82, 2.24) is 9.55 Å². The second-order valence-corrected chi connectivity index (χ2v) is 8.99. The summed E-state index contributed by atoms with van der Waals surface area (Å²) in [6.07, 6.45) is 6.40. The lowest BCUT2D eigenvalue weighted by Gasteiger charge is -2.21. The molecule has 4 nitrogen and oxygen atoms in total. The lowest BCUT2D eigenvalue weighted by atomic mass is 10.0. The van der Waals surface area contributed by atoms with Crippen LogP contribution in [0.4, 0.5) is 0 Å². The number of hydrogen-bond donors (Lipinski definition) is 0. The number of fused-ring (bicyclic) bond motifs is 1. The summed E-state index contributed by atoms with van der Waals surface area (Å²) < 4.78 is 1.57. The number of thioether (sulfide) groups is 1. The third kappa shape index (κ3) is 3.80. The first-order chi connectivity index (χ1) is 13.3. The summed E-state index contributed by atoms with van der Waals surface area (Å²) in [5.74, 6) is 1.42. The van der Waals surface area contributed by atoms with Gasteiger partial charge in [-0.2, -0.15) is 17.0 Å². The van der Waals surface area contributed by atoms with E-state index in [2.05, 4.69) is 6.07 Å². The minimum Gasteiger partial charge on any atom is -0.281 e. The third-order valence-corrected chi connectivity index (χ3v) is 7.33. The molecular formula is C21H21N3OS2. The van der Waals surface area contributed by atoms with Crippen molar-refractivity contribution >= 4 is 33.3 Å². The molecule has 27 heavy (non-hydrogen) atoms. The van der Waals surface area contributed by atoms with Crippen LogP contribution in [0.1, 0.15) is 37.9 Å². The molecule has 0 unspecified atom stereocenters. The highest BCUT2D eigenvalue weighted by atomic mass is 32.2. The van der Waals surface area contributed by atoms with Crippen LogP contribution in [0.2, 0.25) is 0 Å². The van der Waals surface area contributed by atoms with E-state index < -0.39 is 0 Å². The van der Waals surface area contributed by atoms with Crippen molar-refractivity contribution in [3.05, 3.63) is 51.9 Å². The van der Waals surface area contributed by atoms with E-state index >= 15 is 0 Å². The highest BCUT2D eigenvalue weighted by molar-refractivity contribution is 7.99. The standard InChI is InChI=1S/C21H21N3OS2/c22-11-12-24-18(14-26-16-9-5-2-6-10-16)23-20-19(21(24)25)17(13-27-20)15-7-3-1-4-8-15/h1,3-4,7-8,13,16H,2,5-6,9-10,12,14H2. The molecule has 0 saturated heterocycles. The Morgan fingerprint density at radius 3 is 2.74 bits per heavy atom. The van der Waals surface area contributed by atoms with Gasteiger partial charge in [0.1, 0.15) is 17.2 Å². The fraction of sp³-hybridized carbons (Fsp3) is 0.381. The Morgan fingerprint density at radius 1 is 1.22 bits per heavy atom. The molecular weight excluding hydrogens is 374 g/mol. The number of nitrogens with zero attached hydrogens (tertiary/aromatic N) is 3. The monoisotopic (exact) mass is 395 g/mol. The van der Waals surface area contributed by atoms with Gasteiger partial charge >= 0.3 is 0 Å². The van der Waals surface area contributed by atoms with Gasteiger partial charge in [0.2, 0.25) is 0 Å². The van der Waals surface area contributed by atoms with Crippen LogP contribution in [0.3, 0.4) is 0 Å². The molecule has 1 aliphatic carbocycles. The lowest BCUT2D eigenvalue weighted by molar-refractivity contribution is 0.515. The zero-order valence-electron chi connectivity index (χ0n) is 15.1. The van der Waals surface area contributed by atoms with Gasteiger partial charge in [-0.1, -0.05) is 49.6 Å². The molecule has 6 heteroatoms. The first-order valence-electron chi connectivity index (χ1n) is 9.33. The second-order valence-electron chi connectivity index (χ2n) is 6.84. The normalized spacial score (nSPS) is 15.1. The maximum atomic E-state index is 13.2. The molecule has 0 radical (unpaired) electrons. The summed E-state index contributed by atoms with van der Waals surface area (Å²) in [5, 5.41) is 12.5. The van der Waals surface area contributed by atoms with E-state index in [-0.39, 0.29) is 12.1 Å². The number of aromatic nitrogens is 2. The quantitative estimate of drug-likeness (QED) is 0.595. The molecule has 0 aliphatic heterocycles. The second kappa shape index (κ2) is 8.28. The Labute approximate surface area is 166 Å². The fourth-order valence-electron chi connectivity index (χ4n) is 3.66. The summed E-state index contributed by atoms with van der Waals surface area (Å²) in [4.78, 5) is 18.8. The van der Waals surface area contributed by atoms with Crippen LogP contribution in [0.15, 0.2) is 40.5 Å². The van der Waals surface area contributed by atoms with Gasteiger partial charge in [-0.3, -0.25) is 9.36 Å². The molecule has 4 rings (SSSR count). The molecule has 0 atom stereocenters. The van der Waals surface area contributed by atoms with Crippen LogP contribution in [-0.2, 0) is 12.3 Å². The molecule has 138 valence electrons. The van der Waals surface area contributed by atoms with Crippen molar-refractivity contribution in [1.29, 1.82) is 5.26 Å². The third-order valence-electron chi connectivity index (χ3n) is 5.09. The fourth-order valence-corrected chi connectivity index (χ4v) is 5.89. The minimum atomic E-state index is -0.0964. The van der Waals surface area contributed by atoms with Crippen LogP contribution in [0.5, 0.6) is 0 Å². The number of thiophene rings is 1. The van der Waals surface area contributed by atoms with Crippen LogP contribution < -0.4 is 5.56 Å². The van der Waals surface area contributed by atoms with E-state index in [1.165, 1.54) is 43.4 Å². The molecule has 0 N–H and O–H groups in total. The van der Waals surface area contributed by atoms with Gasteiger partial charge in [0.15, 0.2) is 0 Å². The van der Waals surface area contributed by atoms with Crippen molar-refractivity contribution in [2.45, 2.75) is 49.7 Å². The summed E-state index contributed by atoms with van der Waals surface area (Å²) in [6.45, 7) is 0.0480. The van der Waals surface area contributed by atoms with Crippen LogP contribution in [0.25, 0.3) is 21.3 Å². The van der Waals surface area contributed by atoms with E-state index in [1.807, 2.05) is 47.5 Å². The number of rotatable bonds is 5. The van der Waals surface area contributed by atoms with Crippen LogP contribution >= 0.6 is 23.1 Å². The maximum absolute atomic E-state index is 13.2. The van der Waals surface area contributed by atoms with Crippen LogP contribution in [0, 0.1) is 11.3 Å². The summed E-state index contributed by atoms with van der Waals surface area (Å²) in [7, 11) is 0. The van der Waals surface area contributed by atoms with Crippen LogP contribution in [-0.4, -0.2) is 14.8 Å². The summed E-state index contributed by atoms with van der Waals surface area (Å²) in [6, 6.07) is 12.0. The zero-order chi connectivity index (χ0) is 18.6. The molecule has 3 aromatic rings. The van der Waals surface area contributed by atoms with E-state index in [1.54, 1.807) is 4.57 Å². The van der Waals surface area contributed by atoms with Crippen molar-refractivity contribution in [2.75, 3.05) is 0 Å². The highest BCUT2D eigenvalue weighted by Gasteiger charge is 2.19. The molecule has 0 bridgehead atoms. The average Bonchev–Trinajstić information content (AvgIpc) is 3.14. The summed E-state index contributed by atoms with van der Waals surface area (Å²) >= 11 is 3.39. The van der Waals surface area contributed by atoms with Gasteiger partial charge in [-0.05, 0) is 18.4 Å². The van der Waals surface area contributed by atoms with Crippen molar-refractivity contribution < 1.29 is 0 Å². The lowest BCUT2D eigenvalue weighted by Crippen LogP contribution is -2.25. The SMILES string of the molecule is N#CCn1c(CSC2CCCCC2)nc2scc(-c3ccccc3)c2c1=O. The molecule has 2 heterocycles. The van der Waals surface area contributed by atoms with E-state index in [0.29, 0.717) is 16.4 Å². The largest absolute Gasteiger partial charge is 0.281 e. The molecule has 0 spiro atoms. The van der Waals surface area contributed by atoms with E-state index in [4.69, 9.17) is 4.98 Å². The van der Waals surface area contributed by atoms with Gasteiger partial charge < -0.3 is 0 Å². The highest BCUT2D eigenvalue weighted by Crippen LogP contribution is 2.33. The first-order valence-corrected chi connectivity index (χ1v) is 11.3. The number of benzene rings is 1. The van der Waals surface area contributed by atoms with Crippen molar-refractivity contribution in [2.24, 2.45) is 0 Å². The van der Waals surface area contributed by atoms with Gasteiger partial charge in [0, 0.05) is 16.2 Å². The number of hydrogen-bond acceptors (Lipinski definition) is 5. The Hall–Kier alpha value is -2.10. The zero-order valence-corrected chi connectivity index (χ0v) is 16.7. The van der Waals surface area contributed by atoms with Gasteiger partial charge in [0.05, 0.1) is 17.2 Å². The first kappa shape index (κ1) is 18.3. The number of nitriles is 1. The average molecular weight is 396 g/mol.